The summed E-state index contributed by atoms with van der Waals surface area (Å²) in [6.07, 6.45) is 3.35. The number of aromatic nitrogens is 2. The summed E-state index contributed by atoms with van der Waals surface area (Å²) in [5.41, 5.74) is 6.83. The molecule has 1 unspecified atom stereocenters. The van der Waals surface area contributed by atoms with Crippen LogP contribution in [0.5, 0.6) is 5.75 Å². The average Bonchev–Trinajstić information content (AvgIpc) is 2.86. The van der Waals surface area contributed by atoms with Crippen LogP contribution >= 0.6 is 0 Å². The fourth-order valence-corrected chi connectivity index (χ4v) is 1.87. The van der Waals surface area contributed by atoms with Gasteiger partial charge in [0.05, 0.1) is 0 Å². The topological polar surface area (TPSA) is 53.1 Å². The van der Waals surface area contributed by atoms with E-state index in [9.17, 15) is 8.78 Å². The summed E-state index contributed by atoms with van der Waals surface area (Å²) >= 11 is 0. The number of hydrogen-bond donors (Lipinski definition) is 1. The van der Waals surface area contributed by atoms with E-state index in [1.54, 1.807) is 12.1 Å². The first-order chi connectivity index (χ1) is 9.56. The predicted molar refractivity (Wildman–Crippen MR) is 71.6 cm³/mol. The molecule has 0 aliphatic heterocycles. The number of alkyl halides is 2. The molecule has 0 bridgehead atoms. The molecule has 2 N–H and O–H groups in total. The van der Waals surface area contributed by atoms with Crippen LogP contribution in [0.1, 0.15) is 24.9 Å². The molecule has 0 aliphatic rings. The maximum Gasteiger partial charge on any atom is 0.320 e. The highest BCUT2D eigenvalue weighted by Gasteiger charge is 2.11. The molecule has 20 heavy (non-hydrogen) atoms. The Hall–Kier alpha value is -1.95. The molecule has 1 aromatic carbocycles. The van der Waals surface area contributed by atoms with Crippen molar-refractivity contribution in [3.8, 4) is 5.75 Å². The molecule has 0 fully saturated rings. The predicted octanol–water partition coefficient (Wildman–Crippen LogP) is 2.75. The summed E-state index contributed by atoms with van der Waals surface area (Å²) < 4.78 is 31.5. The van der Waals surface area contributed by atoms with Crippen molar-refractivity contribution in [2.24, 2.45) is 5.73 Å². The summed E-state index contributed by atoms with van der Waals surface area (Å²) in [4.78, 5) is 3.85. The third kappa shape index (κ3) is 3.77. The molecule has 0 saturated heterocycles. The Morgan fingerprint density at radius 2 is 2.00 bits per heavy atom. The van der Waals surface area contributed by atoms with Crippen LogP contribution in [0.2, 0.25) is 0 Å². The van der Waals surface area contributed by atoms with Gasteiger partial charge in [0.2, 0.25) is 0 Å². The Morgan fingerprint density at radius 1 is 1.30 bits per heavy atom. The number of nitrogens with zero attached hydrogens (tertiary/aromatic N) is 2. The smallest absolute Gasteiger partial charge is 0.320 e. The van der Waals surface area contributed by atoms with Crippen LogP contribution in [-0.4, -0.2) is 15.6 Å². The quantitative estimate of drug-likeness (QED) is 0.885. The Labute approximate surface area is 116 Å². The van der Waals surface area contributed by atoms with E-state index in [1.807, 2.05) is 19.1 Å². The Bertz CT molecular complexity index is 538. The molecule has 6 heteroatoms. The summed E-state index contributed by atoms with van der Waals surface area (Å²) in [5.74, 6) is 0.807. The van der Waals surface area contributed by atoms with Crippen LogP contribution in [0.3, 0.4) is 0 Å². The van der Waals surface area contributed by atoms with Gasteiger partial charge in [0.15, 0.2) is 5.82 Å². The summed E-state index contributed by atoms with van der Waals surface area (Å²) in [6.45, 7) is -0.664. The third-order valence-corrected chi connectivity index (χ3v) is 2.81. The van der Waals surface area contributed by atoms with Crippen LogP contribution < -0.4 is 10.5 Å². The molecule has 0 spiro atoms. The molecule has 1 aromatic heterocycles. The highest BCUT2D eigenvalue weighted by molar-refractivity contribution is 5.27. The van der Waals surface area contributed by atoms with E-state index in [0.717, 1.165) is 16.6 Å². The van der Waals surface area contributed by atoms with Gasteiger partial charge in [-0.2, -0.15) is 8.78 Å². The third-order valence-electron chi connectivity index (χ3n) is 2.81. The molecule has 0 radical (unpaired) electrons. The minimum Gasteiger partial charge on any atom is -0.486 e. The van der Waals surface area contributed by atoms with E-state index in [1.165, 1.54) is 12.4 Å². The van der Waals surface area contributed by atoms with Gasteiger partial charge < -0.3 is 10.5 Å². The molecule has 0 saturated carbocycles. The highest BCUT2D eigenvalue weighted by atomic mass is 19.3. The highest BCUT2D eigenvalue weighted by Crippen LogP contribution is 2.17. The number of benzene rings is 1. The van der Waals surface area contributed by atoms with Crippen molar-refractivity contribution in [2.45, 2.75) is 32.5 Å². The van der Waals surface area contributed by atoms with Crippen LogP contribution in [0.25, 0.3) is 0 Å². The van der Waals surface area contributed by atoms with E-state index >= 15 is 0 Å². The van der Waals surface area contributed by atoms with Gasteiger partial charge in [0.25, 0.3) is 0 Å². The van der Waals surface area contributed by atoms with Gasteiger partial charge in [-0.25, -0.2) is 4.98 Å². The van der Waals surface area contributed by atoms with Gasteiger partial charge >= 0.3 is 6.55 Å². The van der Waals surface area contributed by atoms with Gasteiger partial charge in [-0.1, -0.05) is 12.1 Å². The summed E-state index contributed by atoms with van der Waals surface area (Å²) in [5, 5.41) is 0. The molecule has 108 valence electrons. The first-order valence-electron chi connectivity index (χ1n) is 6.33. The lowest BCUT2D eigenvalue weighted by Gasteiger charge is -2.09. The second-order valence-electron chi connectivity index (χ2n) is 4.64. The number of rotatable bonds is 6. The van der Waals surface area contributed by atoms with Gasteiger partial charge in [-0.05, 0) is 31.0 Å². The maximum absolute atomic E-state index is 12.6. The van der Waals surface area contributed by atoms with Crippen molar-refractivity contribution in [3.63, 3.8) is 0 Å². The Kier molecular flexibility index (Phi) is 4.68. The number of imidazole rings is 1. The van der Waals surface area contributed by atoms with Crippen molar-refractivity contribution in [1.29, 1.82) is 0 Å². The van der Waals surface area contributed by atoms with Crippen LogP contribution in [-0.2, 0) is 13.0 Å². The van der Waals surface area contributed by atoms with E-state index < -0.39 is 6.55 Å². The molecular weight excluding hydrogens is 264 g/mol. The number of halogens is 2. The molecule has 2 aromatic rings. The van der Waals surface area contributed by atoms with Gasteiger partial charge in [0, 0.05) is 18.4 Å². The van der Waals surface area contributed by atoms with Crippen LogP contribution in [0.4, 0.5) is 8.78 Å². The minimum atomic E-state index is -2.61. The molecule has 0 aliphatic carbocycles. The fraction of sp³-hybridized carbons (Fsp3) is 0.357. The largest absolute Gasteiger partial charge is 0.486 e. The van der Waals surface area contributed by atoms with Crippen molar-refractivity contribution in [1.82, 2.24) is 9.55 Å². The van der Waals surface area contributed by atoms with Crippen molar-refractivity contribution < 1.29 is 13.5 Å². The maximum atomic E-state index is 12.6. The summed E-state index contributed by atoms with van der Waals surface area (Å²) in [7, 11) is 0. The zero-order valence-electron chi connectivity index (χ0n) is 11.2. The van der Waals surface area contributed by atoms with Gasteiger partial charge in [-0.3, -0.25) is 4.57 Å². The monoisotopic (exact) mass is 281 g/mol. The molecule has 4 nitrogen and oxygen atoms in total. The lowest BCUT2D eigenvalue weighted by atomic mass is 10.1. The number of ether oxygens (including phenoxy) is 1. The standard InChI is InChI=1S/C14H17F2N3O/c1-10(17)8-11-2-4-12(5-3-11)20-9-13-18-6-7-19(13)14(15)16/h2-7,10,14H,8-9,17H2,1H3. The SMILES string of the molecule is CC(N)Cc1ccc(OCc2nccn2C(F)F)cc1. The van der Waals surface area contributed by atoms with Gasteiger partial charge in [0.1, 0.15) is 12.4 Å². The van der Waals surface area contributed by atoms with E-state index in [0.29, 0.717) is 5.75 Å². The van der Waals surface area contributed by atoms with Crippen LogP contribution in [0, 0.1) is 0 Å². The zero-order chi connectivity index (χ0) is 14.5. The van der Waals surface area contributed by atoms with Crippen molar-refractivity contribution in [2.75, 3.05) is 0 Å². The van der Waals surface area contributed by atoms with Gasteiger partial charge in [-0.15, -0.1) is 0 Å². The van der Waals surface area contributed by atoms with Crippen LogP contribution in [0.15, 0.2) is 36.7 Å². The second kappa shape index (κ2) is 6.47. The zero-order valence-corrected chi connectivity index (χ0v) is 11.2. The summed E-state index contributed by atoms with van der Waals surface area (Å²) in [6, 6.07) is 7.53. The fourth-order valence-electron chi connectivity index (χ4n) is 1.87. The van der Waals surface area contributed by atoms with E-state index in [-0.39, 0.29) is 18.5 Å². The first-order valence-corrected chi connectivity index (χ1v) is 6.33. The lowest BCUT2D eigenvalue weighted by molar-refractivity contribution is 0.0632. The average molecular weight is 281 g/mol. The van der Waals surface area contributed by atoms with E-state index in [2.05, 4.69) is 4.98 Å². The molecule has 1 atom stereocenters. The molecule has 0 amide bonds. The molecular formula is C14H17F2N3O. The molecule has 2 rings (SSSR count). The second-order valence-corrected chi connectivity index (χ2v) is 4.64. The Morgan fingerprint density at radius 3 is 2.60 bits per heavy atom. The molecule has 1 heterocycles. The van der Waals surface area contributed by atoms with Crippen molar-refractivity contribution >= 4 is 0 Å². The number of nitrogens with two attached hydrogens (primary N) is 1. The minimum absolute atomic E-state index is 0.00395. The number of hydrogen-bond acceptors (Lipinski definition) is 3. The van der Waals surface area contributed by atoms with Crippen molar-refractivity contribution in [3.05, 3.63) is 48.0 Å². The van der Waals surface area contributed by atoms with E-state index in [4.69, 9.17) is 10.5 Å². The Balaban J connectivity index is 1.95. The normalized spacial score (nSPS) is 12.7. The lowest BCUT2D eigenvalue weighted by Crippen LogP contribution is -2.17. The first kappa shape index (κ1) is 14.5.